The molecule has 2 N–H and O–H groups in total. The van der Waals surface area contributed by atoms with Gasteiger partial charge in [0.2, 0.25) is 0 Å². The maximum absolute atomic E-state index is 12.5. The number of carbonyl (C=O) groups is 1. The minimum absolute atomic E-state index is 0.0267. The van der Waals surface area contributed by atoms with E-state index in [0.717, 1.165) is 34.0 Å². The molecule has 4 fully saturated rings. The maximum atomic E-state index is 12.5. The summed E-state index contributed by atoms with van der Waals surface area (Å²) in [5.74, 6) is 2.52. The van der Waals surface area contributed by atoms with Crippen LogP contribution < -0.4 is 10.6 Å². The fraction of sp³-hybridized carbons (Fsp3) is 0.524. The normalized spacial score (nSPS) is 31.8. The van der Waals surface area contributed by atoms with Crippen LogP contribution in [0.2, 0.25) is 0 Å². The Balaban J connectivity index is 1.19. The molecule has 1 aromatic heterocycles. The van der Waals surface area contributed by atoms with Gasteiger partial charge in [0.05, 0.1) is 12.2 Å². The number of hydrogen-bond donors (Lipinski definition) is 2. The summed E-state index contributed by atoms with van der Waals surface area (Å²) >= 11 is 1.63. The molecule has 0 unspecified atom stereocenters. The molecule has 0 aliphatic heterocycles. The molecule has 5 heteroatoms. The molecule has 26 heavy (non-hydrogen) atoms. The molecule has 0 spiro atoms. The SMILES string of the molecule is O=C(NCc1csc(-c2ccccc2)n1)NC12CC3CC(CC(C3)C1)C2. The third-order valence-corrected chi connectivity index (χ3v) is 7.36. The van der Waals surface area contributed by atoms with Gasteiger partial charge in [0.25, 0.3) is 0 Å². The van der Waals surface area contributed by atoms with E-state index in [1.807, 2.05) is 23.6 Å². The number of benzene rings is 1. The Hall–Kier alpha value is -1.88. The van der Waals surface area contributed by atoms with Gasteiger partial charge in [0, 0.05) is 16.5 Å². The minimum Gasteiger partial charge on any atom is -0.333 e. The third kappa shape index (κ3) is 3.13. The Bertz CT molecular complexity index is 765. The van der Waals surface area contributed by atoms with E-state index >= 15 is 0 Å². The van der Waals surface area contributed by atoms with Crippen molar-refractivity contribution in [3.63, 3.8) is 0 Å². The predicted octanol–water partition coefficient (Wildman–Crippen LogP) is 4.58. The fourth-order valence-corrected chi connectivity index (χ4v) is 6.65. The highest BCUT2D eigenvalue weighted by Crippen LogP contribution is 2.55. The average Bonchev–Trinajstić information content (AvgIpc) is 3.08. The quantitative estimate of drug-likeness (QED) is 0.831. The van der Waals surface area contributed by atoms with Gasteiger partial charge in [-0.05, 0) is 56.3 Å². The highest BCUT2D eigenvalue weighted by Gasteiger charge is 2.51. The second-order valence-electron chi connectivity index (χ2n) is 8.52. The van der Waals surface area contributed by atoms with Crippen LogP contribution >= 0.6 is 11.3 Å². The molecule has 4 aliphatic carbocycles. The van der Waals surface area contributed by atoms with Crippen molar-refractivity contribution in [3.05, 3.63) is 41.4 Å². The van der Waals surface area contributed by atoms with Crippen LogP contribution in [0.15, 0.2) is 35.7 Å². The highest BCUT2D eigenvalue weighted by atomic mass is 32.1. The van der Waals surface area contributed by atoms with Gasteiger partial charge in [0.1, 0.15) is 5.01 Å². The van der Waals surface area contributed by atoms with Gasteiger partial charge in [0.15, 0.2) is 0 Å². The van der Waals surface area contributed by atoms with Crippen LogP contribution in [0.5, 0.6) is 0 Å². The van der Waals surface area contributed by atoms with Gasteiger partial charge in [-0.1, -0.05) is 30.3 Å². The van der Waals surface area contributed by atoms with Crippen molar-refractivity contribution >= 4 is 17.4 Å². The number of nitrogens with one attached hydrogen (secondary N) is 2. The van der Waals surface area contributed by atoms with Gasteiger partial charge in [-0.15, -0.1) is 11.3 Å². The molecule has 1 aromatic carbocycles. The van der Waals surface area contributed by atoms with Crippen molar-refractivity contribution in [2.45, 2.75) is 50.6 Å². The number of carbonyl (C=O) groups excluding carboxylic acids is 1. The first-order valence-electron chi connectivity index (χ1n) is 9.73. The van der Waals surface area contributed by atoms with Crippen molar-refractivity contribution in [2.24, 2.45) is 17.8 Å². The largest absolute Gasteiger partial charge is 0.333 e. The smallest absolute Gasteiger partial charge is 0.315 e. The Labute approximate surface area is 158 Å². The highest BCUT2D eigenvalue weighted by molar-refractivity contribution is 7.13. The molecule has 136 valence electrons. The summed E-state index contributed by atoms with van der Waals surface area (Å²) < 4.78 is 0. The van der Waals surface area contributed by atoms with E-state index in [-0.39, 0.29) is 11.6 Å². The van der Waals surface area contributed by atoms with Crippen molar-refractivity contribution < 1.29 is 4.79 Å². The lowest BCUT2D eigenvalue weighted by Gasteiger charge is -2.56. The first-order valence-corrected chi connectivity index (χ1v) is 10.6. The monoisotopic (exact) mass is 367 g/mol. The summed E-state index contributed by atoms with van der Waals surface area (Å²) in [6, 6.07) is 10.2. The van der Waals surface area contributed by atoms with Gasteiger partial charge >= 0.3 is 6.03 Å². The van der Waals surface area contributed by atoms with Crippen LogP contribution in [0.25, 0.3) is 10.6 Å². The van der Waals surface area contributed by atoms with Crippen LogP contribution in [-0.2, 0) is 6.54 Å². The predicted molar refractivity (Wildman–Crippen MR) is 104 cm³/mol. The van der Waals surface area contributed by atoms with Crippen molar-refractivity contribution in [1.29, 1.82) is 0 Å². The molecule has 4 nitrogen and oxygen atoms in total. The number of urea groups is 1. The van der Waals surface area contributed by atoms with E-state index in [0.29, 0.717) is 6.54 Å². The van der Waals surface area contributed by atoms with Crippen LogP contribution in [0, 0.1) is 17.8 Å². The maximum Gasteiger partial charge on any atom is 0.315 e. The van der Waals surface area contributed by atoms with E-state index in [1.54, 1.807) is 11.3 Å². The molecule has 2 amide bonds. The van der Waals surface area contributed by atoms with Crippen LogP contribution in [-0.4, -0.2) is 16.6 Å². The molecule has 2 aromatic rings. The number of nitrogens with zero attached hydrogens (tertiary/aromatic N) is 1. The summed E-state index contributed by atoms with van der Waals surface area (Å²) in [6.45, 7) is 0.488. The summed E-state index contributed by atoms with van der Waals surface area (Å²) in [7, 11) is 0. The molecule has 4 bridgehead atoms. The van der Waals surface area contributed by atoms with Gasteiger partial charge in [-0.2, -0.15) is 0 Å². The lowest BCUT2D eigenvalue weighted by atomic mass is 9.53. The molecule has 4 saturated carbocycles. The Kier molecular flexibility index (Phi) is 4.00. The topological polar surface area (TPSA) is 54.0 Å². The van der Waals surface area contributed by atoms with Crippen molar-refractivity contribution in [1.82, 2.24) is 15.6 Å². The summed E-state index contributed by atoms with van der Waals surface area (Å²) in [6.07, 6.45) is 7.72. The summed E-state index contributed by atoms with van der Waals surface area (Å²) in [5.41, 5.74) is 2.12. The zero-order valence-corrected chi connectivity index (χ0v) is 15.7. The van der Waals surface area contributed by atoms with Gasteiger partial charge in [-0.3, -0.25) is 0 Å². The molecule has 0 atom stereocenters. The lowest BCUT2D eigenvalue weighted by Crippen LogP contribution is -2.61. The first kappa shape index (κ1) is 16.3. The van der Waals surface area contributed by atoms with E-state index in [4.69, 9.17) is 0 Å². The Morgan fingerprint density at radius 3 is 2.38 bits per heavy atom. The molecule has 6 rings (SSSR count). The van der Waals surface area contributed by atoms with Crippen molar-refractivity contribution in [2.75, 3.05) is 0 Å². The second kappa shape index (κ2) is 6.38. The molecular formula is C21H25N3OS. The summed E-state index contributed by atoms with van der Waals surface area (Å²) in [4.78, 5) is 17.2. The standard InChI is InChI=1S/C21H25N3OS/c25-20(24-21-9-14-6-15(10-21)8-16(7-14)11-21)22-12-18-13-26-19(23-18)17-4-2-1-3-5-17/h1-5,13-16H,6-12H2,(H2,22,24,25). The van der Waals surface area contributed by atoms with Crippen LogP contribution in [0.1, 0.15) is 44.2 Å². The van der Waals surface area contributed by atoms with E-state index < -0.39 is 0 Å². The summed E-state index contributed by atoms with van der Waals surface area (Å²) in [5, 5.41) is 9.43. The number of aromatic nitrogens is 1. The number of rotatable bonds is 4. The van der Waals surface area contributed by atoms with Gasteiger partial charge in [-0.25, -0.2) is 9.78 Å². The third-order valence-electron chi connectivity index (χ3n) is 6.42. The van der Waals surface area contributed by atoms with Crippen LogP contribution in [0.4, 0.5) is 4.79 Å². The van der Waals surface area contributed by atoms with E-state index in [9.17, 15) is 4.79 Å². The van der Waals surface area contributed by atoms with E-state index in [2.05, 4.69) is 27.8 Å². The number of amides is 2. The lowest BCUT2D eigenvalue weighted by molar-refractivity contribution is -0.0135. The molecular weight excluding hydrogens is 342 g/mol. The molecule has 0 saturated heterocycles. The fourth-order valence-electron chi connectivity index (χ4n) is 5.82. The van der Waals surface area contributed by atoms with Crippen LogP contribution in [0.3, 0.4) is 0 Å². The number of thiazole rings is 1. The average molecular weight is 368 g/mol. The molecule has 1 heterocycles. The first-order chi connectivity index (χ1) is 12.7. The molecule has 0 radical (unpaired) electrons. The second-order valence-corrected chi connectivity index (χ2v) is 9.37. The van der Waals surface area contributed by atoms with Gasteiger partial charge < -0.3 is 10.6 Å². The number of hydrogen-bond acceptors (Lipinski definition) is 3. The Morgan fingerprint density at radius 2 is 1.73 bits per heavy atom. The van der Waals surface area contributed by atoms with Crippen molar-refractivity contribution in [3.8, 4) is 10.6 Å². The Morgan fingerprint density at radius 1 is 1.08 bits per heavy atom. The molecule has 4 aliphatic rings. The van der Waals surface area contributed by atoms with E-state index in [1.165, 1.54) is 38.5 Å². The zero-order chi connectivity index (χ0) is 17.6. The zero-order valence-electron chi connectivity index (χ0n) is 14.9. The minimum atomic E-state index is -0.0267.